The van der Waals surface area contributed by atoms with Crippen LogP contribution in [0.5, 0.6) is 5.75 Å². The maximum absolute atomic E-state index is 13.7. The molecule has 1 aromatic carbocycles. The first-order chi connectivity index (χ1) is 23.1. The van der Waals surface area contributed by atoms with E-state index in [4.69, 9.17) is 14.2 Å². The number of unbranched alkanes of at least 4 members (excludes halogenated alkanes) is 8. The number of phenols is 1. The van der Waals surface area contributed by atoms with Crippen LogP contribution in [0.15, 0.2) is 36.4 Å². The number of carbonyl (C=O) groups excluding carboxylic acids is 2. The lowest BCUT2D eigenvalue weighted by molar-refractivity contribution is -0.169. The number of rotatable bonds is 26. The molecule has 1 heterocycles. The van der Waals surface area contributed by atoms with Crippen molar-refractivity contribution in [3.8, 4) is 5.75 Å². The molecule has 1 fully saturated rings. The maximum Gasteiger partial charge on any atom is 0.336 e. The number of nitrogens with one attached hydrogen (secondary N) is 2. The number of benzene rings is 1. The van der Waals surface area contributed by atoms with Gasteiger partial charge in [0.1, 0.15) is 11.8 Å². The fraction of sp³-hybridized carbons (Fsp3) is 0.694. The highest BCUT2D eigenvalue weighted by atomic mass is 16.7. The summed E-state index contributed by atoms with van der Waals surface area (Å²) in [6.45, 7) is 3.00. The van der Waals surface area contributed by atoms with E-state index in [2.05, 4.69) is 17.6 Å². The number of phenolic OH excluding ortho intramolecular Hbond substituents is 1. The Labute approximate surface area is 285 Å². The Kier molecular flexibility index (Phi) is 19.3. The first-order valence-corrected chi connectivity index (χ1v) is 17.5. The summed E-state index contributed by atoms with van der Waals surface area (Å²) in [5.74, 6) is -4.97. The van der Waals surface area contributed by atoms with Gasteiger partial charge in [0.2, 0.25) is 11.8 Å². The van der Waals surface area contributed by atoms with E-state index in [-0.39, 0.29) is 38.3 Å². The SMILES string of the molecule is CCCCCCCC1(CCCCCC/C=C/[C@H](C(=O)N[C@@H](Cc2ccc(O)cc2)C(=O)NCCO)[C@@](O)(CCOC)C(=O)O)OCCO1. The van der Waals surface area contributed by atoms with Crippen LogP contribution in [-0.4, -0.2) is 95.7 Å². The number of carboxylic acids is 1. The molecular formula is C36H58N2O10. The normalized spacial score (nSPS) is 16.8. The molecule has 3 atom stereocenters. The van der Waals surface area contributed by atoms with Crippen LogP contribution in [0.25, 0.3) is 0 Å². The highest BCUT2D eigenvalue weighted by Gasteiger charge is 2.47. The van der Waals surface area contributed by atoms with E-state index in [1.165, 1.54) is 51.0 Å². The molecule has 272 valence electrons. The summed E-state index contributed by atoms with van der Waals surface area (Å²) < 4.78 is 17.1. The van der Waals surface area contributed by atoms with E-state index in [1.807, 2.05) is 0 Å². The number of amides is 2. The number of aliphatic hydroxyl groups excluding tert-OH is 1. The van der Waals surface area contributed by atoms with Gasteiger partial charge in [-0.15, -0.1) is 0 Å². The first-order valence-electron chi connectivity index (χ1n) is 17.5. The quantitative estimate of drug-likeness (QED) is 0.0619. The van der Waals surface area contributed by atoms with Crippen LogP contribution in [0.1, 0.15) is 96.0 Å². The van der Waals surface area contributed by atoms with Gasteiger partial charge < -0.3 is 45.3 Å². The number of hydrogen-bond acceptors (Lipinski definition) is 9. The molecule has 0 aliphatic carbocycles. The Morgan fingerprint density at radius 1 is 0.979 bits per heavy atom. The van der Waals surface area contributed by atoms with E-state index in [9.17, 15) is 34.8 Å². The van der Waals surface area contributed by atoms with Crippen LogP contribution in [0.2, 0.25) is 0 Å². The van der Waals surface area contributed by atoms with Crippen molar-refractivity contribution in [1.82, 2.24) is 10.6 Å². The van der Waals surface area contributed by atoms with E-state index < -0.39 is 41.1 Å². The van der Waals surface area contributed by atoms with Crippen molar-refractivity contribution in [2.75, 3.05) is 40.1 Å². The number of allylic oxidation sites excluding steroid dienone is 1. The van der Waals surface area contributed by atoms with E-state index in [1.54, 1.807) is 18.2 Å². The van der Waals surface area contributed by atoms with Gasteiger partial charge in [-0.25, -0.2) is 4.79 Å². The predicted molar refractivity (Wildman–Crippen MR) is 181 cm³/mol. The molecule has 2 rings (SSSR count). The largest absolute Gasteiger partial charge is 0.508 e. The second-order valence-corrected chi connectivity index (χ2v) is 12.5. The topological polar surface area (TPSA) is 184 Å². The van der Waals surface area contributed by atoms with Crippen LogP contribution in [0.3, 0.4) is 0 Å². The van der Waals surface area contributed by atoms with Crippen LogP contribution < -0.4 is 10.6 Å². The zero-order chi connectivity index (χ0) is 35.3. The van der Waals surface area contributed by atoms with Gasteiger partial charge in [0, 0.05) is 45.9 Å². The van der Waals surface area contributed by atoms with E-state index in [0.717, 1.165) is 44.9 Å². The summed E-state index contributed by atoms with van der Waals surface area (Å²) >= 11 is 0. The third-order valence-corrected chi connectivity index (χ3v) is 8.76. The van der Waals surface area contributed by atoms with Crippen molar-refractivity contribution in [2.24, 2.45) is 5.92 Å². The zero-order valence-electron chi connectivity index (χ0n) is 28.8. The molecule has 0 spiro atoms. The summed E-state index contributed by atoms with van der Waals surface area (Å²) in [7, 11) is 1.37. The van der Waals surface area contributed by atoms with Crippen molar-refractivity contribution >= 4 is 17.8 Å². The van der Waals surface area contributed by atoms with Gasteiger partial charge in [0.15, 0.2) is 11.4 Å². The molecule has 48 heavy (non-hydrogen) atoms. The lowest BCUT2D eigenvalue weighted by atomic mass is 9.83. The highest BCUT2D eigenvalue weighted by molar-refractivity contribution is 5.93. The molecule has 1 saturated heterocycles. The Hall–Kier alpha value is -3.03. The molecule has 12 heteroatoms. The number of hydrogen-bond donors (Lipinski definition) is 6. The predicted octanol–water partition coefficient (Wildman–Crippen LogP) is 4.00. The van der Waals surface area contributed by atoms with Crippen molar-refractivity contribution in [2.45, 2.75) is 114 Å². The lowest BCUT2D eigenvalue weighted by Gasteiger charge is -2.31. The Bertz CT molecular complexity index is 1110. The average Bonchev–Trinajstić information content (AvgIpc) is 3.54. The third-order valence-electron chi connectivity index (χ3n) is 8.76. The molecule has 12 nitrogen and oxygen atoms in total. The van der Waals surface area contributed by atoms with Gasteiger partial charge in [0.25, 0.3) is 0 Å². The van der Waals surface area contributed by atoms with E-state index in [0.29, 0.717) is 25.2 Å². The summed E-state index contributed by atoms with van der Waals surface area (Å²) in [6, 6.07) is 4.95. The number of aromatic hydroxyl groups is 1. The average molecular weight is 679 g/mol. The summed E-state index contributed by atoms with van der Waals surface area (Å²) in [4.78, 5) is 38.9. The standard InChI is InChI=1S/C36H58N2O10/c1-3-4-5-9-12-19-35(47-25-26-48-35)20-13-10-7-6-8-11-14-30(36(45,34(43)44)21-24-46-2)32(41)38-31(33(42)37-22-23-39)27-28-15-17-29(40)18-16-28/h11,14-18,30-31,39-40,45H,3-10,12-13,19-27H2,1-2H3,(H,37,42)(H,38,41)(H,43,44)/b14-11+/t30-,31+,36+/m1/s1. The maximum atomic E-state index is 13.7. The molecule has 0 aromatic heterocycles. The first kappa shape index (κ1) is 41.1. The molecular weight excluding hydrogens is 620 g/mol. The monoisotopic (exact) mass is 678 g/mol. The van der Waals surface area contributed by atoms with Crippen molar-refractivity contribution in [1.29, 1.82) is 0 Å². The second kappa shape index (κ2) is 22.6. The highest BCUT2D eigenvalue weighted by Crippen LogP contribution is 2.32. The summed E-state index contributed by atoms with van der Waals surface area (Å²) in [5, 5.41) is 45.3. The van der Waals surface area contributed by atoms with Crippen molar-refractivity contribution in [3.05, 3.63) is 42.0 Å². The second-order valence-electron chi connectivity index (χ2n) is 12.5. The zero-order valence-corrected chi connectivity index (χ0v) is 28.8. The molecule has 6 N–H and O–H groups in total. The minimum Gasteiger partial charge on any atom is -0.508 e. The molecule has 0 radical (unpaired) electrons. The summed E-state index contributed by atoms with van der Waals surface area (Å²) in [6.07, 6.45) is 14.7. The van der Waals surface area contributed by atoms with Gasteiger partial charge >= 0.3 is 5.97 Å². The van der Waals surface area contributed by atoms with Gasteiger partial charge in [-0.05, 0) is 43.4 Å². The molecule has 1 aliphatic rings. The van der Waals surface area contributed by atoms with Crippen LogP contribution in [-0.2, 0) is 35.0 Å². The minimum atomic E-state index is -2.49. The number of aliphatic carboxylic acids is 1. The van der Waals surface area contributed by atoms with Crippen molar-refractivity contribution in [3.63, 3.8) is 0 Å². The molecule has 1 aromatic rings. The molecule has 1 aliphatic heterocycles. The molecule has 0 bridgehead atoms. The Morgan fingerprint density at radius 3 is 2.19 bits per heavy atom. The van der Waals surface area contributed by atoms with E-state index >= 15 is 0 Å². The lowest BCUT2D eigenvalue weighted by Crippen LogP contribution is -2.56. The smallest absolute Gasteiger partial charge is 0.336 e. The van der Waals surface area contributed by atoms with Gasteiger partial charge in [-0.2, -0.15) is 0 Å². The Morgan fingerprint density at radius 2 is 1.60 bits per heavy atom. The number of ether oxygens (including phenoxy) is 3. The van der Waals surface area contributed by atoms with Gasteiger partial charge in [-0.3, -0.25) is 9.59 Å². The van der Waals surface area contributed by atoms with Crippen molar-refractivity contribution < 1.29 is 49.0 Å². The number of methoxy groups -OCH3 is 1. The fourth-order valence-corrected chi connectivity index (χ4v) is 5.91. The Balaban J connectivity index is 2.04. The van der Waals surface area contributed by atoms with Crippen LogP contribution >= 0.6 is 0 Å². The number of carbonyl (C=O) groups is 3. The van der Waals surface area contributed by atoms with Gasteiger partial charge in [0.05, 0.1) is 25.7 Å². The van der Waals surface area contributed by atoms with Crippen LogP contribution in [0.4, 0.5) is 0 Å². The molecule has 2 amide bonds. The minimum absolute atomic E-state index is 0.0273. The number of carboxylic acid groups (broad SMARTS) is 1. The third kappa shape index (κ3) is 14.2. The fourth-order valence-electron chi connectivity index (χ4n) is 5.91. The van der Waals surface area contributed by atoms with Crippen LogP contribution in [0, 0.1) is 5.92 Å². The molecule has 0 unspecified atom stereocenters. The number of aliphatic hydroxyl groups is 2. The molecule has 0 saturated carbocycles. The van der Waals surface area contributed by atoms with Gasteiger partial charge in [-0.1, -0.05) is 69.7 Å². The summed E-state index contributed by atoms with van der Waals surface area (Å²) in [5.41, 5.74) is -1.87.